The van der Waals surface area contributed by atoms with E-state index in [1.54, 1.807) is 0 Å². The maximum absolute atomic E-state index is 11.3. The zero-order valence-electron chi connectivity index (χ0n) is 3.92. The van der Waals surface area contributed by atoms with Crippen LogP contribution in [0.25, 0.3) is 0 Å². The minimum Gasteiger partial charge on any atom is -0.249 e. The lowest BCUT2D eigenvalue weighted by molar-refractivity contribution is 0.499. The smallest absolute Gasteiger partial charge is 0.249 e. The van der Waals surface area contributed by atoms with Gasteiger partial charge in [-0.25, -0.2) is 13.0 Å². The number of hydrogen-bond donors (Lipinski definition) is 0. The maximum Gasteiger partial charge on any atom is 0.418 e. The van der Waals surface area contributed by atoms with Crippen LogP contribution in [0.2, 0.25) is 0 Å². The third-order valence-corrected chi connectivity index (χ3v) is 3.62. The van der Waals surface area contributed by atoms with Gasteiger partial charge in [0.05, 0.1) is 0 Å². The van der Waals surface area contributed by atoms with Gasteiger partial charge in [-0.15, -0.1) is 0 Å². The Morgan fingerprint density at radius 1 is 1.44 bits per heavy atom. The van der Waals surface area contributed by atoms with Gasteiger partial charge in [0, 0.05) is 10.7 Å². The monoisotopic (exact) mass is 198 g/mol. The first-order chi connectivity index (χ1) is 3.71. The summed E-state index contributed by atoms with van der Waals surface area (Å²) in [7, 11) is -5.49. The predicted molar refractivity (Wildman–Crippen MR) is 29.5 cm³/mol. The third-order valence-electron chi connectivity index (χ3n) is 0.304. The number of rotatable bonds is 2. The first kappa shape index (κ1) is 9.33. The molecule has 0 fully saturated rings. The molecule has 3 nitrogen and oxygen atoms in total. The highest BCUT2D eigenvalue weighted by Gasteiger charge is 2.26. The molecule has 0 aromatic rings. The van der Waals surface area contributed by atoms with E-state index in [9.17, 15) is 21.4 Å². The molecule has 0 saturated heterocycles. The van der Waals surface area contributed by atoms with E-state index in [4.69, 9.17) is 0 Å². The van der Waals surface area contributed by atoms with Crippen molar-refractivity contribution >= 4 is 27.5 Å². The molecule has 8 heteroatoms. The lowest BCUT2D eigenvalue weighted by atomic mass is 11.9. The zero-order valence-corrected chi connectivity index (χ0v) is 6.39. The Labute approximate surface area is 55.0 Å². The molecule has 0 N–H and O–H groups in total. The highest BCUT2D eigenvalue weighted by Crippen LogP contribution is 2.50. The zero-order chi connectivity index (χ0) is 7.71. The van der Waals surface area contributed by atoms with Gasteiger partial charge in [0.25, 0.3) is 0 Å². The van der Waals surface area contributed by atoms with Crippen molar-refractivity contribution in [3.8, 4) is 0 Å². The van der Waals surface area contributed by atoms with E-state index in [2.05, 4.69) is 10.7 Å². The molecular formula is CH2ClF2O3PS. The van der Waals surface area contributed by atoms with Gasteiger partial charge in [0.2, 0.25) is 9.05 Å². The SMILES string of the molecule is O=P(F)(F)CS(=O)(=O)Cl. The molecule has 0 radical (unpaired) electrons. The summed E-state index contributed by atoms with van der Waals surface area (Å²) in [5.41, 5.74) is -1.75. The van der Waals surface area contributed by atoms with Crippen molar-refractivity contribution in [3.63, 3.8) is 0 Å². The molecule has 0 atom stereocenters. The van der Waals surface area contributed by atoms with Crippen LogP contribution in [-0.4, -0.2) is 13.9 Å². The molecule has 0 unspecified atom stereocenters. The van der Waals surface area contributed by atoms with Crippen molar-refractivity contribution < 1.29 is 21.4 Å². The van der Waals surface area contributed by atoms with E-state index in [0.29, 0.717) is 0 Å². The van der Waals surface area contributed by atoms with Gasteiger partial charge < -0.3 is 0 Å². The van der Waals surface area contributed by atoms with E-state index < -0.39 is 22.3 Å². The van der Waals surface area contributed by atoms with E-state index in [1.165, 1.54) is 0 Å². The summed E-state index contributed by atoms with van der Waals surface area (Å²) in [4.78, 5) is 0. The number of halogens is 3. The minimum absolute atomic E-state index is 1.75. The van der Waals surface area contributed by atoms with E-state index in [1.807, 2.05) is 0 Å². The molecule has 0 aromatic heterocycles. The molecule has 9 heavy (non-hydrogen) atoms. The van der Waals surface area contributed by atoms with E-state index in [0.717, 1.165) is 0 Å². The molecular weight excluding hydrogens is 196 g/mol. The molecule has 0 heterocycles. The second-order valence-electron chi connectivity index (χ2n) is 1.24. The van der Waals surface area contributed by atoms with Crippen LogP contribution in [0.4, 0.5) is 8.39 Å². The predicted octanol–water partition coefficient (Wildman–Crippen LogP) is 1.64. The van der Waals surface area contributed by atoms with Gasteiger partial charge >= 0.3 is 7.76 Å². The third kappa shape index (κ3) is 8.33. The van der Waals surface area contributed by atoms with E-state index in [-0.39, 0.29) is 0 Å². The molecule has 0 spiro atoms. The molecule has 0 aliphatic carbocycles. The first-order valence-electron chi connectivity index (χ1n) is 1.61. The summed E-state index contributed by atoms with van der Waals surface area (Å²) in [6, 6.07) is 0. The quantitative estimate of drug-likeness (QED) is 0.501. The van der Waals surface area contributed by atoms with Crippen LogP contribution >= 0.6 is 18.4 Å². The standard InChI is InChI=1S/CH2ClF2O3PS/c2-9(6,7)1-8(3,4)5/h1H2. The van der Waals surface area contributed by atoms with Crippen molar-refractivity contribution in [2.75, 3.05) is 5.49 Å². The second-order valence-corrected chi connectivity index (χ2v) is 5.90. The fraction of sp³-hybridized carbons (Fsp3) is 1.00. The van der Waals surface area contributed by atoms with Crippen molar-refractivity contribution in [1.82, 2.24) is 0 Å². The normalized spacial score (nSPS) is 13.7. The van der Waals surface area contributed by atoms with Crippen LogP contribution in [0.1, 0.15) is 0 Å². The average molecular weight is 199 g/mol. The van der Waals surface area contributed by atoms with Gasteiger partial charge in [0.1, 0.15) is 0 Å². The van der Waals surface area contributed by atoms with Crippen LogP contribution in [0.3, 0.4) is 0 Å². The maximum atomic E-state index is 11.3. The topological polar surface area (TPSA) is 51.2 Å². The summed E-state index contributed by atoms with van der Waals surface area (Å²) >= 11 is 0. The Hall–Kier alpha value is 0.330. The molecule has 0 rings (SSSR count). The Morgan fingerprint density at radius 3 is 1.78 bits per heavy atom. The van der Waals surface area contributed by atoms with Crippen LogP contribution in [0.15, 0.2) is 0 Å². The van der Waals surface area contributed by atoms with Crippen LogP contribution in [0.5, 0.6) is 0 Å². The number of hydrogen-bond acceptors (Lipinski definition) is 3. The summed E-state index contributed by atoms with van der Waals surface area (Å²) in [5.74, 6) is 0. The highest BCUT2D eigenvalue weighted by atomic mass is 35.7. The molecule has 0 aliphatic heterocycles. The Kier molecular flexibility index (Phi) is 2.61. The Balaban J connectivity index is 4.26. The van der Waals surface area contributed by atoms with Crippen LogP contribution in [-0.2, 0) is 13.6 Å². The minimum atomic E-state index is -5.51. The van der Waals surface area contributed by atoms with Gasteiger partial charge in [0.15, 0.2) is 5.49 Å². The molecule has 0 bridgehead atoms. The molecule has 0 aliphatic rings. The summed E-state index contributed by atoms with van der Waals surface area (Å²) in [6.07, 6.45) is 0. The summed E-state index contributed by atoms with van der Waals surface area (Å²) in [6.45, 7) is 0. The second kappa shape index (κ2) is 2.52. The van der Waals surface area contributed by atoms with E-state index >= 15 is 0 Å². The fourth-order valence-electron chi connectivity index (χ4n) is 0.180. The highest BCUT2D eigenvalue weighted by molar-refractivity contribution is 8.17. The lowest BCUT2D eigenvalue weighted by Gasteiger charge is -1.91. The Bertz CT molecular complexity index is 228. The van der Waals surface area contributed by atoms with Crippen molar-refractivity contribution in [2.45, 2.75) is 0 Å². The Morgan fingerprint density at radius 2 is 1.78 bits per heavy atom. The molecule has 0 aromatic carbocycles. The van der Waals surface area contributed by atoms with Crippen molar-refractivity contribution in [2.24, 2.45) is 0 Å². The average Bonchev–Trinajstić information content (AvgIpc) is 1.14. The van der Waals surface area contributed by atoms with Crippen molar-refractivity contribution in [1.29, 1.82) is 0 Å². The van der Waals surface area contributed by atoms with Crippen LogP contribution in [0, 0.1) is 0 Å². The van der Waals surface area contributed by atoms with Gasteiger partial charge in [-0.1, -0.05) is 0 Å². The van der Waals surface area contributed by atoms with Crippen LogP contribution < -0.4 is 0 Å². The lowest BCUT2D eigenvalue weighted by Crippen LogP contribution is -1.92. The molecule has 0 saturated carbocycles. The van der Waals surface area contributed by atoms with Crippen molar-refractivity contribution in [3.05, 3.63) is 0 Å². The fourth-order valence-corrected chi connectivity index (χ4v) is 2.64. The molecule has 56 valence electrons. The van der Waals surface area contributed by atoms with Gasteiger partial charge in [-0.2, -0.15) is 8.39 Å². The van der Waals surface area contributed by atoms with Gasteiger partial charge in [-0.3, -0.25) is 0 Å². The summed E-state index contributed by atoms with van der Waals surface area (Å²) < 4.78 is 51.6. The molecule has 0 amide bonds. The first-order valence-corrected chi connectivity index (χ1v) is 5.77. The van der Waals surface area contributed by atoms with Gasteiger partial charge in [-0.05, 0) is 0 Å². The summed E-state index contributed by atoms with van der Waals surface area (Å²) in [5, 5.41) is 0. The largest absolute Gasteiger partial charge is 0.418 e.